The van der Waals surface area contributed by atoms with Crippen molar-refractivity contribution in [3.05, 3.63) is 23.7 Å². The summed E-state index contributed by atoms with van der Waals surface area (Å²) >= 11 is 0. The molecule has 0 aliphatic carbocycles. The minimum absolute atomic E-state index is 0.0107. The van der Waals surface area contributed by atoms with E-state index in [4.69, 9.17) is 4.42 Å². The molecular weight excluding hydrogens is 228 g/mol. The van der Waals surface area contributed by atoms with Crippen molar-refractivity contribution in [1.29, 1.82) is 0 Å². The van der Waals surface area contributed by atoms with Crippen molar-refractivity contribution < 1.29 is 9.21 Å². The predicted molar refractivity (Wildman–Crippen MR) is 70.3 cm³/mol. The van der Waals surface area contributed by atoms with Crippen LogP contribution in [0.2, 0.25) is 0 Å². The number of aryl methyl sites for hydroxylation is 1. The highest BCUT2D eigenvalue weighted by molar-refractivity contribution is 5.84. The number of carbonyl (C=O) groups is 1. The second-order valence-electron chi connectivity index (χ2n) is 4.95. The highest BCUT2D eigenvalue weighted by atomic mass is 16.3. The first-order valence-corrected chi connectivity index (χ1v) is 6.73. The zero-order valence-corrected chi connectivity index (χ0v) is 11.4. The van der Waals surface area contributed by atoms with Gasteiger partial charge in [0.2, 0.25) is 5.91 Å². The third-order valence-corrected chi connectivity index (χ3v) is 3.52. The van der Waals surface area contributed by atoms with E-state index in [9.17, 15) is 4.79 Å². The number of nitrogens with zero attached hydrogens (tertiary/aromatic N) is 1. The number of rotatable bonds is 5. The molecule has 100 valence electrons. The molecule has 2 unspecified atom stereocenters. The molecule has 2 rings (SSSR count). The average Bonchev–Trinajstić information content (AvgIpc) is 2.93. The Morgan fingerprint density at radius 1 is 1.56 bits per heavy atom. The zero-order chi connectivity index (χ0) is 13.1. The predicted octanol–water partition coefficient (Wildman–Crippen LogP) is 2.25. The average molecular weight is 250 g/mol. The fraction of sp³-hybridized carbons (Fsp3) is 0.643. The zero-order valence-electron chi connectivity index (χ0n) is 11.4. The molecule has 4 nitrogen and oxygen atoms in total. The monoisotopic (exact) mass is 250 g/mol. The third-order valence-electron chi connectivity index (χ3n) is 3.52. The summed E-state index contributed by atoms with van der Waals surface area (Å²) < 4.78 is 5.61. The molecule has 0 saturated carbocycles. The molecule has 1 aliphatic rings. The molecular formula is C14H22N2O2. The Labute approximate surface area is 108 Å². The lowest BCUT2D eigenvalue weighted by atomic mass is 10.2. The van der Waals surface area contributed by atoms with Crippen LogP contribution in [-0.2, 0) is 4.79 Å². The van der Waals surface area contributed by atoms with Gasteiger partial charge in [-0.3, -0.25) is 4.79 Å². The van der Waals surface area contributed by atoms with Crippen LogP contribution in [0.15, 0.2) is 16.5 Å². The van der Waals surface area contributed by atoms with Crippen molar-refractivity contribution in [3.8, 4) is 0 Å². The summed E-state index contributed by atoms with van der Waals surface area (Å²) in [6.07, 6.45) is 1.94. The van der Waals surface area contributed by atoms with Gasteiger partial charge in [0.15, 0.2) is 0 Å². The van der Waals surface area contributed by atoms with Gasteiger partial charge in [0.05, 0.1) is 12.1 Å². The van der Waals surface area contributed by atoms with Gasteiger partial charge < -0.3 is 14.6 Å². The van der Waals surface area contributed by atoms with Crippen molar-refractivity contribution in [2.24, 2.45) is 0 Å². The topological polar surface area (TPSA) is 45.5 Å². The Morgan fingerprint density at radius 2 is 2.33 bits per heavy atom. The molecule has 1 aliphatic heterocycles. The van der Waals surface area contributed by atoms with E-state index in [0.717, 1.165) is 37.5 Å². The van der Waals surface area contributed by atoms with Crippen molar-refractivity contribution in [1.82, 2.24) is 10.2 Å². The molecule has 0 spiro atoms. The number of amides is 1. The van der Waals surface area contributed by atoms with Crippen LogP contribution in [0.4, 0.5) is 0 Å². The summed E-state index contributed by atoms with van der Waals surface area (Å²) in [5.74, 6) is 1.96. The molecule has 1 aromatic heterocycles. The first-order valence-electron chi connectivity index (χ1n) is 6.73. The van der Waals surface area contributed by atoms with E-state index < -0.39 is 0 Å². The van der Waals surface area contributed by atoms with Crippen molar-refractivity contribution in [3.63, 3.8) is 0 Å². The van der Waals surface area contributed by atoms with Crippen LogP contribution >= 0.6 is 0 Å². The Hall–Kier alpha value is -1.29. The van der Waals surface area contributed by atoms with E-state index in [1.54, 1.807) is 0 Å². The first kappa shape index (κ1) is 13.1. The maximum atomic E-state index is 12.3. The van der Waals surface area contributed by atoms with Gasteiger partial charge in [-0.25, -0.2) is 0 Å². The Bertz CT molecular complexity index is 414. The van der Waals surface area contributed by atoms with E-state index in [1.165, 1.54) is 0 Å². The maximum Gasteiger partial charge on any atom is 0.240 e. The Morgan fingerprint density at radius 3 is 2.94 bits per heavy atom. The maximum absolute atomic E-state index is 12.3. The lowest BCUT2D eigenvalue weighted by Crippen LogP contribution is -2.39. The molecule has 18 heavy (non-hydrogen) atoms. The second-order valence-corrected chi connectivity index (χ2v) is 4.95. The molecule has 4 heteroatoms. The van der Waals surface area contributed by atoms with Crippen molar-refractivity contribution in [2.75, 3.05) is 13.1 Å². The fourth-order valence-corrected chi connectivity index (χ4v) is 2.43. The molecule has 1 saturated heterocycles. The molecule has 2 atom stereocenters. The summed E-state index contributed by atoms with van der Waals surface area (Å²) in [5.41, 5.74) is 0. The summed E-state index contributed by atoms with van der Waals surface area (Å²) in [5, 5.41) is 3.30. The van der Waals surface area contributed by atoms with Gasteiger partial charge in [0.1, 0.15) is 11.5 Å². The lowest BCUT2D eigenvalue weighted by molar-refractivity contribution is -0.131. The number of carbonyl (C=O) groups excluding carboxylic acids is 1. The van der Waals surface area contributed by atoms with Crippen molar-refractivity contribution >= 4 is 5.91 Å². The van der Waals surface area contributed by atoms with Gasteiger partial charge in [-0.05, 0) is 45.4 Å². The van der Waals surface area contributed by atoms with Crippen LogP contribution in [-0.4, -0.2) is 29.9 Å². The minimum atomic E-state index is -0.0107. The summed E-state index contributed by atoms with van der Waals surface area (Å²) in [4.78, 5) is 14.2. The minimum Gasteiger partial charge on any atom is -0.464 e. The quantitative estimate of drug-likeness (QED) is 0.871. The molecule has 1 aromatic rings. The van der Waals surface area contributed by atoms with Crippen LogP contribution in [0.3, 0.4) is 0 Å². The number of likely N-dealkylation sites (tertiary alicyclic amines) is 1. The molecule has 0 bridgehead atoms. The third kappa shape index (κ3) is 2.58. The highest BCUT2D eigenvalue weighted by Gasteiger charge is 2.35. The Kier molecular flexibility index (Phi) is 4.07. The highest BCUT2D eigenvalue weighted by Crippen LogP contribution is 2.26. The van der Waals surface area contributed by atoms with E-state index in [2.05, 4.69) is 12.2 Å². The van der Waals surface area contributed by atoms with Gasteiger partial charge >= 0.3 is 0 Å². The second kappa shape index (κ2) is 5.57. The normalized spacial score (nSPS) is 21.6. The molecule has 1 N–H and O–H groups in total. The van der Waals surface area contributed by atoms with Gasteiger partial charge in [0, 0.05) is 6.54 Å². The van der Waals surface area contributed by atoms with E-state index in [1.807, 2.05) is 30.9 Å². The summed E-state index contributed by atoms with van der Waals surface area (Å²) in [6, 6.07) is 3.92. The number of furan rings is 1. The standard InChI is InChI=1S/C14H22N2O2/c1-4-8-15-12-7-9-16(14(12)17)11(3)13-6-5-10(2)18-13/h5-6,11-12,15H,4,7-9H2,1-3H3. The largest absolute Gasteiger partial charge is 0.464 e. The molecule has 1 amide bonds. The van der Waals surface area contributed by atoms with Gasteiger partial charge in [0.25, 0.3) is 0 Å². The Balaban J connectivity index is 2.00. The molecule has 0 aromatic carbocycles. The van der Waals surface area contributed by atoms with Crippen molar-refractivity contribution in [2.45, 2.75) is 45.7 Å². The van der Waals surface area contributed by atoms with Gasteiger partial charge in [-0.1, -0.05) is 6.92 Å². The van der Waals surface area contributed by atoms with E-state index in [0.29, 0.717) is 0 Å². The van der Waals surface area contributed by atoms with Gasteiger partial charge in [-0.2, -0.15) is 0 Å². The molecule has 0 radical (unpaired) electrons. The lowest BCUT2D eigenvalue weighted by Gasteiger charge is -2.23. The fourth-order valence-electron chi connectivity index (χ4n) is 2.43. The van der Waals surface area contributed by atoms with E-state index >= 15 is 0 Å². The number of nitrogens with one attached hydrogen (secondary N) is 1. The SMILES string of the molecule is CCCNC1CCN(C(C)c2ccc(C)o2)C1=O. The number of hydrogen-bond acceptors (Lipinski definition) is 3. The van der Waals surface area contributed by atoms with Crippen LogP contribution in [0.25, 0.3) is 0 Å². The van der Waals surface area contributed by atoms with Gasteiger partial charge in [-0.15, -0.1) is 0 Å². The molecule has 1 fully saturated rings. The van der Waals surface area contributed by atoms with Crippen LogP contribution in [0.5, 0.6) is 0 Å². The summed E-state index contributed by atoms with van der Waals surface area (Å²) in [7, 11) is 0. The van der Waals surface area contributed by atoms with Crippen LogP contribution in [0, 0.1) is 6.92 Å². The molecule has 2 heterocycles. The first-order chi connectivity index (χ1) is 8.63. The number of hydrogen-bond donors (Lipinski definition) is 1. The van der Waals surface area contributed by atoms with Crippen LogP contribution in [0.1, 0.15) is 44.3 Å². The summed E-state index contributed by atoms with van der Waals surface area (Å²) in [6.45, 7) is 7.77. The smallest absolute Gasteiger partial charge is 0.240 e. The van der Waals surface area contributed by atoms with E-state index in [-0.39, 0.29) is 18.0 Å². The van der Waals surface area contributed by atoms with Crippen LogP contribution < -0.4 is 5.32 Å².